The molecule has 0 atom stereocenters. The number of nitriles is 1. The Morgan fingerprint density at radius 3 is 2.60 bits per heavy atom. The number of amidine groups is 1. The Kier molecular flexibility index (Phi) is 9.53. The molecule has 1 aromatic heterocycles. The van der Waals surface area contributed by atoms with E-state index in [1.54, 1.807) is 24.3 Å². The molecular formula is C32H28F3N7O2S. The van der Waals surface area contributed by atoms with Gasteiger partial charge in [-0.3, -0.25) is 0 Å². The van der Waals surface area contributed by atoms with E-state index >= 15 is 0 Å². The molecule has 45 heavy (non-hydrogen) atoms. The van der Waals surface area contributed by atoms with E-state index in [1.165, 1.54) is 58.8 Å². The van der Waals surface area contributed by atoms with Crippen molar-refractivity contribution in [2.75, 3.05) is 17.2 Å². The van der Waals surface area contributed by atoms with Gasteiger partial charge in [-0.05, 0) is 60.4 Å². The van der Waals surface area contributed by atoms with Gasteiger partial charge in [0, 0.05) is 29.7 Å². The molecule has 5 rings (SSSR count). The molecule has 2 amide bonds. The molecule has 3 aromatic carbocycles. The number of carbonyl (C=O) groups is 1. The van der Waals surface area contributed by atoms with Crippen LogP contribution in [0.5, 0.6) is 5.75 Å². The molecular weight excluding hydrogens is 603 g/mol. The van der Waals surface area contributed by atoms with E-state index in [4.69, 9.17) is 0 Å². The van der Waals surface area contributed by atoms with Gasteiger partial charge < -0.3 is 15.0 Å². The zero-order chi connectivity index (χ0) is 32.0. The average Bonchev–Trinajstić information content (AvgIpc) is 3.69. The van der Waals surface area contributed by atoms with Crippen molar-refractivity contribution in [3.05, 3.63) is 95.9 Å². The van der Waals surface area contributed by atoms with E-state index in [2.05, 4.69) is 61.2 Å². The second kappa shape index (κ2) is 13.7. The first-order valence-electron chi connectivity index (χ1n) is 14.0. The fourth-order valence-electron chi connectivity index (χ4n) is 4.68. The summed E-state index contributed by atoms with van der Waals surface area (Å²) in [6.45, 7) is 4.92. The molecule has 1 fully saturated rings. The fraction of sp³-hybridized carbons (Fsp3) is 0.219. The highest BCUT2D eigenvalue weighted by Gasteiger charge is 2.31. The lowest BCUT2D eigenvalue weighted by molar-refractivity contribution is -0.274. The number of nitrogens with zero attached hydrogens (tertiary/aromatic N) is 6. The van der Waals surface area contributed by atoms with Crippen molar-refractivity contribution in [3.8, 4) is 28.9 Å². The van der Waals surface area contributed by atoms with E-state index in [0.29, 0.717) is 27.8 Å². The van der Waals surface area contributed by atoms with E-state index < -0.39 is 12.4 Å². The third-order valence-electron chi connectivity index (χ3n) is 6.77. The molecule has 0 unspecified atom stereocenters. The van der Waals surface area contributed by atoms with Crippen molar-refractivity contribution >= 4 is 34.2 Å². The maximum Gasteiger partial charge on any atom is 0.573 e. The highest BCUT2D eigenvalue weighted by molar-refractivity contribution is 8.14. The third kappa shape index (κ3) is 7.90. The van der Waals surface area contributed by atoms with Crippen LogP contribution in [0.4, 0.5) is 23.7 Å². The molecule has 0 radical (unpaired) electrons. The van der Waals surface area contributed by atoms with Crippen LogP contribution in [0, 0.1) is 18.3 Å². The molecule has 9 nitrogen and oxygen atoms in total. The molecule has 1 aliphatic rings. The number of urea groups is 1. The Morgan fingerprint density at radius 2 is 1.91 bits per heavy atom. The van der Waals surface area contributed by atoms with Crippen molar-refractivity contribution in [2.45, 2.75) is 33.1 Å². The summed E-state index contributed by atoms with van der Waals surface area (Å²) in [6, 6.07) is 20.0. The van der Waals surface area contributed by atoms with Gasteiger partial charge in [0.15, 0.2) is 11.0 Å². The first-order chi connectivity index (χ1) is 21.6. The average molecular weight is 632 g/mol. The summed E-state index contributed by atoms with van der Waals surface area (Å²) in [5.74, 6) is 0.848. The molecule has 1 saturated heterocycles. The smallest absolute Gasteiger partial charge is 0.406 e. The predicted molar refractivity (Wildman–Crippen MR) is 168 cm³/mol. The standard InChI is InChI=1S/C32H28F3N7O2S/c1-3-4-23-6-5-21(2)17-28(23)41-15-16-45-31(41)39-30(43)37-19-25(18-36)22-7-9-24(10-8-22)29-38-20-42(40-29)26-11-13-27(14-12-26)44-32(33,34)35/h5-14,17,19-20H,3-4,15-16H2,1-2H3,(H,37,43)/b25-19+,39-31?. The van der Waals surface area contributed by atoms with Crippen molar-refractivity contribution in [1.29, 1.82) is 5.26 Å². The quantitative estimate of drug-likeness (QED) is 0.204. The number of hydrogen-bond acceptors (Lipinski definition) is 6. The molecule has 2 heterocycles. The van der Waals surface area contributed by atoms with Crippen LogP contribution in [0.3, 0.4) is 0 Å². The second-order valence-electron chi connectivity index (χ2n) is 10.0. The van der Waals surface area contributed by atoms with Crippen LogP contribution in [0.25, 0.3) is 22.6 Å². The van der Waals surface area contributed by atoms with Gasteiger partial charge in [0.1, 0.15) is 18.1 Å². The topological polar surface area (TPSA) is 108 Å². The van der Waals surface area contributed by atoms with Crippen molar-refractivity contribution < 1.29 is 22.7 Å². The number of rotatable bonds is 8. The van der Waals surface area contributed by atoms with Crippen molar-refractivity contribution in [1.82, 2.24) is 20.1 Å². The number of aromatic nitrogens is 3. The van der Waals surface area contributed by atoms with E-state index in [0.717, 1.165) is 36.4 Å². The monoisotopic (exact) mass is 631 g/mol. The summed E-state index contributed by atoms with van der Waals surface area (Å²) in [6.07, 6.45) is -0.0630. The number of thioether (sulfide) groups is 1. The zero-order valence-corrected chi connectivity index (χ0v) is 25.2. The minimum absolute atomic E-state index is 0.231. The lowest BCUT2D eigenvalue weighted by atomic mass is 10.0. The Balaban J connectivity index is 1.25. The molecule has 13 heteroatoms. The second-order valence-corrected chi connectivity index (χ2v) is 11.1. The van der Waals surface area contributed by atoms with Gasteiger partial charge in [0.05, 0.1) is 11.3 Å². The summed E-state index contributed by atoms with van der Waals surface area (Å²) >= 11 is 1.51. The minimum atomic E-state index is -4.77. The number of anilines is 1. The third-order valence-corrected chi connectivity index (χ3v) is 7.72. The van der Waals surface area contributed by atoms with Crippen LogP contribution in [0.2, 0.25) is 0 Å². The minimum Gasteiger partial charge on any atom is -0.406 e. The van der Waals surface area contributed by atoms with Gasteiger partial charge in [0.25, 0.3) is 0 Å². The van der Waals surface area contributed by atoms with Crippen LogP contribution in [-0.2, 0) is 6.42 Å². The van der Waals surface area contributed by atoms with Crippen LogP contribution in [0.1, 0.15) is 30.0 Å². The molecule has 1 aliphatic heterocycles. The number of aryl methyl sites for hydroxylation is 2. The van der Waals surface area contributed by atoms with Gasteiger partial charge in [-0.1, -0.05) is 61.5 Å². The van der Waals surface area contributed by atoms with E-state index in [9.17, 15) is 23.2 Å². The van der Waals surface area contributed by atoms with Gasteiger partial charge >= 0.3 is 12.4 Å². The Labute approximate surface area is 262 Å². The molecule has 0 bridgehead atoms. The lowest BCUT2D eigenvalue weighted by Crippen LogP contribution is -2.27. The van der Waals surface area contributed by atoms with Gasteiger partial charge in [-0.15, -0.1) is 18.3 Å². The Bertz CT molecular complexity index is 1780. The summed E-state index contributed by atoms with van der Waals surface area (Å²) in [7, 11) is 0. The first kappa shape index (κ1) is 31.3. The van der Waals surface area contributed by atoms with Gasteiger partial charge in [0.2, 0.25) is 0 Å². The van der Waals surface area contributed by atoms with Crippen molar-refractivity contribution in [2.24, 2.45) is 4.99 Å². The van der Waals surface area contributed by atoms with Crippen molar-refractivity contribution in [3.63, 3.8) is 0 Å². The molecule has 4 aromatic rings. The number of nitrogens with one attached hydrogen (secondary N) is 1. The summed E-state index contributed by atoms with van der Waals surface area (Å²) in [5.41, 5.74) is 5.35. The normalized spacial score (nSPS) is 14.4. The first-order valence-corrected chi connectivity index (χ1v) is 15.0. The maximum absolute atomic E-state index is 12.8. The van der Waals surface area contributed by atoms with Gasteiger partial charge in [-0.25, -0.2) is 14.5 Å². The maximum atomic E-state index is 12.8. The summed E-state index contributed by atoms with van der Waals surface area (Å²) < 4.78 is 42.6. The van der Waals surface area contributed by atoms with Gasteiger partial charge in [-0.2, -0.15) is 10.3 Å². The number of alkyl halides is 3. The SMILES string of the molecule is CCCc1ccc(C)cc1N1CCSC1=NC(=O)N/C=C(\C#N)c1ccc(-c2ncn(-c3ccc(OC(F)(F)F)cc3)n2)cc1. The number of carbonyl (C=O) groups excluding carboxylic acids is 1. The van der Waals surface area contributed by atoms with Crippen LogP contribution < -0.4 is 15.0 Å². The predicted octanol–water partition coefficient (Wildman–Crippen LogP) is 7.28. The lowest BCUT2D eigenvalue weighted by Gasteiger charge is -2.22. The molecule has 230 valence electrons. The molecule has 0 aliphatic carbocycles. The fourth-order valence-corrected chi connectivity index (χ4v) is 5.63. The van der Waals surface area contributed by atoms with Crippen LogP contribution in [-0.4, -0.2) is 44.6 Å². The van der Waals surface area contributed by atoms with E-state index in [1.807, 2.05) is 6.92 Å². The number of aliphatic imine (C=N–C) groups is 1. The highest BCUT2D eigenvalue weighted by Crippen LogP contribution is 2.31. The summed E-state index contributed by atoms with van der Waals surface area (Å²) in [4.78, 5) is 23.4. The number of amides is 2. The number of allylic oxidation sites excluding steroid dienone is 1. The summed E-state index contributed by atoms with van der Waals surface area (Å²) in [5, 5.41) is 17.4. The Hall–Kier alpha value is -5.09. The van der Waals surface area contributed by atoms with Crippen LogP contribution >= 0.6 is 11.8 Å². The Morgan fingerprint density at radius 1 is 1.16 bits per heavy atom. The number of ether oxygens (including phenoxy) is 1. The van der Waals surface area contributed by atoms with Crippen LogP contribution in [0.15, 0.2) is 84.2 Å². The molecule has 0 saturated carbocycles. The largest absolute Gasteiger partial charge is 0.573 e. The highest BCUT2D eigenvalue weighted by atomic mass is 32.2. The number of halogens is 3. The number of hydrogen-bond donors (Lipinski definition) is 1. The molecule has 1 N–H and O–H groups in total. The van der Waals surface area contributed by atoms with E-state index in [-0.39, 0.29) is 11.3 Å². The zero-order valence-electron chi connectivity index (χ0n) is 24.4. The molecule has 0 spiro atoms. The number of benzene rings is 3.